The van der Waals surface area contributed by atoms with Gasteiger partial charge in [0.25, 0.3) is 0 Å². The van der Waals surface area contributed by atoms with Crippen LogP contribution in [0.2, 0.25) is 0 Å². The first-order valence-electron chi connectivity index (χ1n) is 5.15. The summed E-state index contributed by atoms with van der Waals surface area (Å²) in [5, 5.41) is 11.0. The molecule has 0 saturated heterocycles. The molecule has 0 heterocycles. The molecule has 1 atom stereocenters. The fraction of sp³-hybridized carbons (Fsp3) is 0.900. The zero-order chi connectivity index (χ0) is 11.9. The topological polar surface area (TPSA) is 53.8 Å². The van der Waals surface area contributed by atoms with Crippen LogP contribution in [0, 0.1) is 5.21 Å². The van der Waals surface area contributed by atoms with Crippen LogP contribution in [0.1, 0.15) is 13.3 Å². The number of rotatable bonds is 7. The fourth-order valence-electron chi connectivity index (χ4n) is 1.22. The third kappa shape index (κ3) is 10.0. The molecule has 15 heavy (non-hydrogen) atoms. The van der Waals surface area contributed by atoms with Crippen LogP contribution >= 0.6 is 10.0 Å². The quantitative estimate of drug-likeness (QED) is 0.501. The number of carbonyl (C=O) groups excluding carboxylic acids is 1. The van der Waals surface area contributed by atoms with Gasteiger partial charge in [-0.25, -0.2) is 10.0 Å². The highest BCUT2D eigenvalue weighted by molar-refractivity contribution is 8.32. The third-order valence-electron chi connectivity index (χ3n) is 2.17. The minimum absolute atomic E-state index is 0.214. The van der Waals surface area contributed by atoms with E-state index in [4.69, 9.17) is 4.74 Å². The Hall–Kier alpha value is -0.260. The molecule has 0 aliphatic heterocycles. The average molecular weight is 237 g/mol. The zero-order valence-electron chi connectivity index (χ0n) is 10.2. The molecule has 0 fully saturated rings. The Labute approximate surface area is 93.9 Å². The lowest BCUT2D eigenvalue weighted by Crippen LogP contribution is -3.03. The van der Waals surface area contributed by atoms with E-state index in [0.29, 0.717) is 13.2 Å². The predicted octanol–water partition coefficient (Wildman–Crippen LogP) is 0.0163. The second kappa shape index (κ2) is 7.09. The third-order valence-corrected chi connectivity index (χ3v) is 4.83. The van der Waals surface area contributed by atoms with Crippen LogP contribution in [0.15, 0.2) is 0 Å². The highest BCUT2D eigenvalue weighted by Crippen LogP contribution is 2.39. The summed E-state index contributed by atoms with van der Waals surface area (Å²) in [4.78, 5) is 10.6. The molecule has 0 saturated carbocycles. The summed E-state index contributed by atoms with van der Waals surface area (Å²) >= 11 is 0. The van der Waals surface area contributed by atoms with Gasteiger partial charge in [0.15, 0.2) is 0 Å². The van der Waals surface area contributed by atoms with E-state index >= 15 is 0 Å². The molecule has 0 amide bonds. The van der Waals surface area contributed by atoms with Crippen molar-refractivity contribution in [3.63, 3.8) is 0 Å². The van der Waals surface area contributed by atoms with Crippen molar-refractivity contribution in [1.82, 2.24) is 0 Å². The fourth-order valence-corrected chi connectivity index (χ4v) is 2.89. The number of hydrogen-bond acceptors (Lipinski definition) is 3. The molecular formula is C10H23NO3S. The maximum Gasteiger partial charge on any atom is 0.302 e. The monoisotopic (exact) mass is 237 g/mol. The molecule has 0 aromatic heterocycles. The van der Waals surface area contributed by atoms with E-state index in [-0.39, 0.29) is 11.0 Å². The SMILES string of the molecule is CC(=O)OCCS(C)(C)CCC[NH+](C)[O-]. The lowest BCUT2D eigenvalue weighted by Gasteiger charge is -2.31. The molecule has 1 N–H and O–H groups in total. The Bertz CT molecular complexity index is 195. The Balaban J connectivity index is 3.62. The van der Waals surface area contributed by atoms with Crippen LogP contribution in [-0.4, -0.2) is 50.2 Å². The number of hydrogen-bond donors (Lipinski definition) is 1. The largest absolute Gasteiger partial charge is 0.634 e. The summed E-state index contributed by atoms with van der Waals surface area (Å²) in [7, 11) is 0.924. The van der Waals surface area contributed by atoms with E-state index in [0.717, 1.165) is 17.9 Å². The maximum absolute atomic E-state index is 10.8. The molecule has 0 aromatic rings. The predicted molar refractivity (Wildman–Crippen MR) is 65.5 cm³/mol. The number of quaternary nitrogens is 1. The second-order valence-electron chi connectivity index (χ2n) is 4.32. The van der Waals surface area contributed by atoms with Crippen molar-refractivity contribution in [2.24, 2.45) is 0 Å². The molecule has 5 heteroatoms. The van der Waals surface area contributed by atoms with Crippen molar-refractivity contribution in [2.45, 2.75) is 13.3 Å². The van der Waals surface area contributed by atoms with E-state index in [1.165, 1.54) is 6.92 Å². The van der Waals surface area contributed by atoms with Gasteiger partial charge in [-0.1, -0.05) is 0 Å². The first kappa shape index (κ1) is 14.7. The summed E-state index contributed by atoms with van der Waals surface area (Å²) < 4.78 is 4.92. The molecule has 0 rings (SSSR count). The van der Waals surface area contributed by atoms with Crippen molar-refractivity contribution in [3.05, 3.63) is 5.21 Å². The molecule has 0 bridgehead atoms. The number of carbonyl (C=O) groups is 1. The number of hydroxylamine groups is 2. The highest BCUT2D eigenvalue weighted by Gasteiger charge is 2.12. The van der Waals surface area contributed by atoms with Gasteiger partial charge in [-0.15, -0.1) is 0 Å². The minimum Gasteiger partial charge on any atom is -0.634 e. The molecule has 4 nitrogen and oxygen atoms in total. The van der Waals surface area contributed by atoms with Crippen molar-refractivity contribution in [3.8, 4) is 0 Å². The van der Waals surface area contributed by atoms with Gasteiger partial charge in [-0.3, -0.25) is 4.79 Å². The van der Waals surface area contributed by atoms with E-state index < -0.39 is 10.0 Å². The smallest absolute Gasteiger partial charge is 0.302 e. The molecule has 0 aliphatic carbocycles. The van der Waals surface area contributed by atoms with Crippen LogP contribution in [0.4, 0.5) is 0 Å². The minimum atomic E-state index is -0.702. The average Bonchev–Trinajstić information content (AvgIpc) is 2.01. The van der Waals surface area contributed by atoms with Crippen molar-refractivity contribution >= 4 is 16.0 Å². The summed E-state index contributed by atoms with van der Waals surface area (Å²) in [5.74, 6) is 1.80. The standard InChI is InChI=1S/C10H23NO3S/c1-10(12)14-7-9-15(3,4)8-5-6-11(2)13/h11H,5-9H2,1-4H3. The summed E-state index contributed by atoms with van der Waals surface area (Å²) in [6.07, 6.45) is 5.39. The van der Waals surface area contributed by atoms with Crippen LogP contribution in [0.25, 0.3) is 0 Å². The molecule has 0 aliphatic rings. The molecule has 0 spiro atoms. The van der Waals surface area contributed by atoms with Gasteiger partial charge in [0, 0.05) is 19.1 Å². The first-order chi connectivity index (χ1) is 6.83. The van der Waals surface area contributed by atoms with E-state index in [1.54, 1.807) is 7.05 Å². The van der Waals surface area contributed by atoms with Gasteiger partial charge in [0.1, 0.15) is 0 Å². The second-order valence-corrected chi connectivity index (χ2v) is 8.67. The molecule has 1 unspecified atom stereocenters. The summed E-state index contributed by atoms with van der Waals surface area (Å²) in [6.45, 7) is 2.61. The van der Waals surface area contributed by atoms with E-state index in [9.17, 15) is 10.0 Å². The normalized spacial score (nSPS) is 14.7. The van der Waals surface area contributed by atoms with E-state index in [1.807, 2.05) is 0 Å². The van der Waals surface area contributed by atoms with Crippen molar-refractivity contribution < 1.29 is 14.6 Å². The Kier molecular flexibility index (Phi) is 6.96. The molecule has 92 valence electrons. The van der Waals surface area contributed by atoms with Gasteiger partial charge in [-0.05, 0) is 18.3 Å². The van der Waals surface area contributed by atoms with Crippen LogP contribution in [0.5, 0.6) is 0 Å². The maximum atomic E-state index is 10.8. The van der Waals surface area contributed by atoms with Gasteiger partial charge < -0.3 is 15.0 Å². The van der Waals surface area contributed by atoms with E-state index in [2.05, 4.69) is 12.5 Å². The highest BCUT2D eigenvalue weighted by atomic mass is 32.3. The molecule has 0 radical (unpaired) electrons. The van der Waals surface area contributed by atoms with Crippen LogP contribution < -0.4 is 5.06 Å². The van der Waals surface area contributed by atoms with Crippen molar-refractivity contribution in [1.29, 1.82) is 0 Å². The number of esters is 1. The Morgan fingerprint density at radius 2 is 2.00 bits per heavy atom. The van der Waals surface area contributed by atoms with Gasteiger partial charge in [-0.2, -0.15) is 0 Å². The lowest BCUT2D eigenvalue weighted by molar-refractivity contribution is -0.825. The number of ether oxygens (including phenoxy) is 1. The van der Waals surface area contributed by atoms with Crippen LogP contribution in [-0.2, 0) is 9.53 Å². The Morgan fingerprint density at radius 3 is 2.47 bits per heavy atom. The Morgan fingerprint density at radius 1 is 1.40 bits per heavy atom. The molecular weight excluding hydrogens is 214 g/mol. The van der Waals surface area contributed by atoms with Crippen molar-refractivity contribution in [2.75, 3.05) is 44.2 Å². The first-order valence-corrected chi connectivity index (χ1v) is 7.94. The lowest BCUT2D eigenvalue weighted by atomic mass is 10.5. The van der Waals surface area contributed by atoms with Gasteiger partial charge in [0.05, 0.1) is 20.2 Å². The van der Waals surface area contributed by atoms with Crippen LogP contribution in [0.3, 0.4) is 0 Å². The van der Waals surface area contributed by atoms with Gasteiger partial charge >= 0.3 is 5.97 Å². The summed E-state index contributed by atoms with van der Waals surface area (Å²) in [6, 6.07) is 0. The zero-order valence-corrected chi connectivity index (χ0v) is 11.0. The summed E-state index contributed by atoms with van der Waals surface area (Å²) in [5.41, 5.74) is 0. The number of nitrogens with one attached hydrogen (secondary N) is 1. The van der Waals surface area contributed by atoms with Gasteiger partial charge in [0.2, 0.25) is 0 Å². The molecule has 0 aromatic carbocycles.